The van der Waals surface area contributed by atoms with Crippen molar-refractivity contribution in [2.45, 2.75) is 13.8 Å². The molecule has 0 heterocycles. The molecule has 0 aliphatic carbocycles. The van der Waals surface area contributed by atoms with Gasteiger partial charge in [-0.05, 0) is 107 Å². The maximum absolute atomic E-state index is 5.57. The molecule has 0 saturated carbocycles. The molecule has 46 heavy (non-hydrogen) atoms. The fraction of sp³-hybridized carbons (Fsp3) is 0.0455. The molecule has 0 saturated heterocycles. The van der Waals surface area contributed by atoms with Crippen molar-refractivity contribution >= 4 is 11.1 Å². The van der Waals surface area contributed by atoms with E-state index in [9.17, 15) is 0 Å². The molecule has 0 bridgehead atoms. The molecule has 0 aromatic heterocycles. The molecule has 0 spiro atoms. The number of ether oxygens (including phenoxy) is 2. The minimum Gasteiger partial charge on any atom is -0.407 e. The Balaban J connectivity index is 1.78. The second-order valence-corrected chi connectivity index (χ2v) is 9.48. The Morgan fingerprint density at radius 3 is 1.00 bits per heavy atom. The zero-order valence-electron chi connectivity index (χ0n) is 25.2. The van der Waals surface area contributed by atoms with Gasteiger partial charge in [-0.25, -0.2) is 0 Å². The highest BCUT2D eigenvalue weighted by molar-refractivity contribution is 6.04. The van der Waals surface area contributed by atoms with Crippen LogP contribution in [0.3, 0.4) is 0 Å². The summed E-state index contributed by atoms with van der Waals surface area (Å²) in [5.41, 5.74) is 8.58. The molecule has 0 aliphatic heterocycles. The molecule has 2 nitrogen and oxygen atoms in total. The molecular formula is C44H24O2. The average Bonchev–Trinajstić information content (AvgIpc) is 3.08. The zero-order chi connectivity index (χ0) is 32.4. The van der Waals surface area contributed by atoms with E-state index in [4.69, 9.17) is 22.3 Å². The lowest BCUT2D eigenvalue weighted by atomic mass is 9.85. The van der Waals surface area contributed by atoms with Gasteiger partial charge >= 0.3 is 0 Å². The van der Waals surface area contributed by atoms with Gasteiger partial charge in [0.1, 0.15) is 23.7 Å². The molecule has 0 fully saturated rings. The third kappa shape index (κ3) is 9.36. The van der Waals surface area contributed by atoms with Crippen LogP contribution in [0.1, 0.15) is 33.4 Å². The van der Waals surface area contributed by atoms with Gasteiger partial charge in [0.15, 0.2) is 0 Å². The van der Waals surface area contributed by atoms with Crippen molar-refractivity contribution in [2.24, 2.45) is 0 Å². The largest absolute Gasteiger partial charge is 0.407 e. The zero-order valence-corrected chi connectivity index (χ0v) is 25.2. The van der Waals surface area contributed by atoms with Gasteiger partial charge in [0, 0.05) is 35.5 Å². The predicted molar refractivity (Wildman–Crippen MR) is 186 cm³/mol. The minimum atomic E-state index is 0.586. The van der Waals surface area contributed by atoms with E-state index in [-0.39, 0.29) is 0 Å². The number of hydrogen-bond donors (Lipinski definition) is 0. The van der Waals surface area contributed by atoms with Crippen LogP contribution in [-0.2, 0) is 0 Å². The normalized spacial score (nSPS) is 9.22. The highest BCUT2D eigenvalue weighted by atomic mass is 16.5. The lowest BCUT2D eigenvalue weighted by Gasteiger charge is -2.19. The number of hydrogen-bond acceptors (Lipinski definition) is 2. The third-order valence-electron chi connectivity index (χ3n) is 6.30. The molecule has 0 amide bonds. The second-order valence-electron chi connectivity index (χ2n) is 9.48. The van der Waals surface area contributed by atoms with Crippen LogP contribution in [0.2, 0.25) is 0 Å². The van der Waals surface area contributed by atoms with E-state index in [0.717, 1.165) is 33.4 Å². The Morgan fingerprint density at radius 1 is 0.391 bits per heavy atom. The van der Waals surface area contributed by atoms with E-state index < -0.39 is 0 Å². The van der Waals surface area contributed by atoms with Gasteiger partial charge in [-0.2, -0.15) is 0 Å². The molecule has 0 aliphatic rings. The lowest BCUT2D eigenvalue weighted by Crippen LogP contribution is -1.98. The van der Waals surface area contributed by atoms with Gasteiger partial charge in [0.25, 0.3) is 0 Å². The first-order valence-electron chi connectivity index (χ1n) is 13.9. The Hall–Kier alpha value is -7.30. The molecule has 0 unspecified atom stereocenters. The topological polar surface area (TPSA) is 18.5 Å². The average molecular weight is 585 g/mol. The van der Waals surface area contributed by atoms with Crippen LogP contribution in [0.15, 0.2) is 97.1 Å². The van der Waals surface area contributed by atoms with Crippen molar-refractivity contribution in [3.63, 3.8) is 0 Å². The minimum absolute atomic E-state index is 0.586. The van der Waals surface area contributed by atoms with E-state index in [1.54, 1.807) is 0 Å². The van der Waals surface area contributed by atoms with Crippen LogP contribution >= 0.6 is 0 Å². The Labute approximate surface area is 271 Å². The van der Waals surface area contributed by atoms with E-state index in [1.807, 2.05) is 48.5 Å². The smallest absolute Gasteiger partial charge is 0.140 e. The van der Waals surface area contributed by atoms with Crippen molar-refractivity contribution in [3.05, 3.63) is 130 Å². The molecule has 0 atom stereocenters. The van der Waals surface area contributed by atoms with Crippen LogP contribution in [0.25, 0.3) is 11.1 Å². The van der Waals surface area contributed by atoms with Crippen molar-refractivity contribution in [1.29, 1.82) is 0 Å². The summed E-state index contributed by atoms with van der Waals surface area (Å²) in [7, 11) is 0. The fourth-order valence-corrected chi connectivity index (χ4v) is 4.21. The van der Waals surface area contributed by atoms with Crippen molar-refractivity contribution in [1.82, 2.24) is 0 Å². The number of benzene rings is 4. The quantitative estimate of drug-likeness (QED) is 0.175. The van der Waals surface area contributed by atoms with Crippen LogP contribution in [-0.4, -0.2) is 0 Å². The maximum Gasteiger partial charge on any atom is 0.140 e. The highest BCUT2D eigenvalue weighted by Crippen LogP contribution is 2.38. The van der Waals surface area contributed by atoms with E-state index >= 15 is 0 Å². The molecule has 4 rings (SSSR count). The van der Waals surface area contributed by atoms with E-state index in [0.29, 0.717) is 11.5 Å². The summed E-state index contributed by atoms with van der Waals surface area (Å²) in [5, 5.41) is 0. The van der Waals surface area contributed by atoms with Crippen molar-refractivity contribution in [2.75, 3.05) is 0 Å². The third-order valence-corrected chi connectivity index (χ3v) is 6.30. The van der Waals surface area contributed by atoms with E-state index in [2.05, 4.69) is 146 Å². The van der Waals surface area contributed by atoms with Gasteiger partial charge in [-0.15, -0.1) is 12.8 Å². The summed E-state index contributed by atoms with van der Waals surface area (Å²) in [6, 6.07) is 32.6. The Morgan fingerprint density at radius 2 is 0.674 bits per heavy atom. The maximum atomic E-state index is 5.57. The van der Waals surface area contributed by atoms with Crippen molar-refractivity contribution < 1.29 is 9.47 Å². The molecule has 212 valence electrons. The number of aryl methyl sites for hydroxylation is 2. The Bertz CT molecular complexity index is 2050. The van der Waals surface area contributed by atoms with Gasteiger partial charge in [0.2, 0.25) is 0 Å². The fourth-order valence-electron chi connectivity index (χ4n) is 4.21. The van der Waals surface area contributed by atoms with E-state index in [1.165, 1.54) is 11.1 Å². The summed E-state index contributed by atoms with van der Waals surface area (Å²) in [5.74, 6) is 30.9. The predicted octanol–water partition coefficient (Wildman–Crippen LogP) is 7.27. The first kappa shape index (κ1) is 31.6. The molecule has 2 heteroatoms. The molecular weight excluding hydrogens is 560 g/mol. The summed E-state index contributed by atoms with van der Waals surface area (Å²) in [6.45, 7) is 4.15. The second kappa shape index (κ2) is 17.0. The van der Waals surface area contributed by atoms with Gasteiger partial charge < -0.3 is 9.47 Å². The van der Waals surface area contributed by atoms with Gasteiger partial charge in [-0.1, -0.05) is 83.9 Å². The van der Waals surface area contributed by atoms with Crippen LogP contribution in [0, 0.1) is 110 Å². The highest BCUT2D eigenvalue weighted by Gasteiger charge is 2.17. The number of rotatable bonds is 6. The lowest BCUT2D eigenvalue weighted by molar-refractivity contribution is 0.520. The molecule has 4 aromatic rings. The molecule has 0 N–H and O–H groups in total. The van der Waals surface area contributed by atoms with Crippen LogP contribution in [0.4, 0.5) is 0 Å². The first-order chi connectivity index (χ1) is 22.6. The summed E-state index contributed by atoms with van der Waals surface area (Å²) >= 11 is 0. The Kier molecular flexibility index (Phi) is 11.7. The summed E-state index contributed by atoms with van der Waals surface area (Å²) in [4.78, 5) is 0. The SMILES string of the molecule is C#CC#CC#CC#COc1ccc(/C(=C(/c2ccc(C)cc2)c2ccc(OC#CC#CC#CC#C)cc2)c2ccc(C)cc2)cc1. The summed E-state index contributed by atoms with van der Waals surface area (Å²) in [6.07, 6.45) is 15.3. The molecule has 0 radical (unpaired) electrons. The van der Waals surface area contributed by atoms with Crippen molar-refractivity contribution in [3.8, 4) is 108 Å². The van der Waals surface area contributed by atoms with Crippen LogP contribution in [0.5, 0.6) is 11.5 Å². The molecule has 4 aromatic carbocycles. The van der Waals surface area contributed by atoms with Crippen LogP contribution < -0.4 is 9.47 Å². The van der Waals surface area contributed by atoms with Gasteiger partial charge in [0.05, 0.1) is 0 Å². The standard InChI is InChI=1S/C44H24O2/c1-5-7-9-11-13-15-33-45-41-29-25-39(26-30-41)43(37-21-17-35(3)18-22-37)44(38-23-19-36(4)20-24-38)40-27-31-42(32-28-40)46-34-16-14-12-10-8-6-2/h1-2,17-32H,3-4H3/b44-43-. The monoisotopic (exact) mass is 584 g/mol. The first-order valence-corrected chi connectivity index (χ1v) is 13.9. The number of terminal acetylenes is 2. The van der Waals surface area contributed by atoms with Gasteiger partial charge in [-0.3, -0.25) is 0 Å². The summed E-state index contributed by atoms with van der Waals surface area (Å²) < 4.78 is 11.1.